The molecule has 0 spiro atoms. The maximum absolute atomic E-state index is 12.4. The largest absolute Gasteiger partial charge is 0.497 e. The van der Waals surface area contributed by atoms with Gasteiger partial charge in [-0.25, -0.2) is 0 Å². The molecule has 2 fully saturated rings. The molecule has 2 aliphatic heterocycles. The fourth-order valence-corrected chi connectivity index (χ4v) is 3.49. The van der Waals surface area contributed by atoms with Crippen molar-refractivity contribution < 1.29 is 9.53 Å². The second-order valence-electron chi connectivity index (χ2n) is 5.98. The number of rotatable bonds is 3. The molecular formula is C16H23N3O2. The minimum atomic E-state index is -0.0772. The molecule has 2 heterocycles. The van der Waals surface area contributed by atoms with Gasteiger partial charge in [-0.3, -0.25) is 4.79 Å². The predicted octanol–water partition coefficient (Wildman–Crippen LogP) is 1.63. The zero-order chi connectivity index (χ0) is 14.8. The quantitative estimate of drug-likeness (QED) is 0.830. The van der Waals surface area contributed by atoms with Gasteiger partial charge < -0.3 is 20.7 Å². The van der Waals surface area contributed by atoms with Crippen LogP contribution in [0.3, 0.4) is 0 Å². The monoisotopic (exact) mass is 289 g/mol. The Bertz CT molecular complexity index is 532. The van der Waals surface area contributed by atoms with Crippen molar-refractivity contribution in [1.82, 2.24) is 10.2 Å². The summed E-state index contributed by atoms with van der Waals surface area (Å²) in [6, 6.07) is 6.10. The Hall–Kier alpha value is -1.75. The minimum absolute atomic E-state index is 0.0772. The first-order valence-electron chi connectivity index (χ1n) is 7.66. The van der Waals surface area contributed by atoms with E-state index in [9.17, 15) is 4.79 Å². The number of benzene rings is 1. The van der Waals surface area contributed by atoms with Crippen LogP contribution < -0.4 is 15.8 Å². The molecule has 0 saturated carbocycles. The molecule has 21 heavy (non-hydrogen) atoms. The first-order valence-corrected chi connectivity index (χ1v) is 7.66. The SMILES string of the molecule is COc1ccc(C(=O)NC2CCN3CCCC3C2)c(N)c1. The second-order valence-corrected chi connectivity index (χ2v) is 5.98. The summed E-state index contributed by atoms with van der Waals surface area (Å²) in [5, 5.41) is 3.14. The molecule has 2 saturated heterocycles. The molecule has 0 radical (unpaired) electrons. The van der Waals surface area contributed by atoms with Gasteiger partial charge in [0.25, 0.3) is 5.91 Å². The molecule has 1 amide bonds. The number of amides is 1. The number of anilines is 1. The van der Waals surface area contributed by atoms with Gasteiger partial charge in [-0.05, 0) is 44.4 Å². The summed E-state index contributed by atoms with van der Waals surface area (Å²) in [5.41, 5.74) is 6.93. The molecular weight excluding hydrogens is 266 g/mol. The average molecular weight is 289 g/mol. The lowest BCUT2D eigenvalue weighted by Gasteiger charge is -2.35. The van der Waals surface area contributed by atoms with Crippen LogP contribution in [-0.4, -0.2) is 43.1 Å². The number of nitrogens with one attached hydrogen (secondary N) is 1. The van der Waals surface area contributed by atoms with Gasteiger partial charge in [0, 0.05) is 30.4 Å². The van der Waals surface area contributed by atoms with Crippen LogP contribution in [0.15, 0.2) is 18.2 Å². The van der Waals surface area contributed by atoms with Gasteiger partial charge in [-0.1, -0.05) is 0 Å². The van der Waals surface area contributed by atoms with E-state index in [1.165, 1.54) is 19.4 Å². The second kappa shape index (κ2) is 5.93. The Kier molecular flexibility index (Phi) is 4.01. The highest BCUT2D eigenvalue weighted by Gasteiger charge is 2.32. The standard InChI is InChI=1S/C16H23N3O2/c1-21-13-4-5-14(15(17)10-13)16(20)18-11-6-8-19-7-2-3-12(19)9-11/h4-5,10-12H,2-3,6-9,17H2,1H3,(H,18,20). The maximum Gasteiger partial charge on any atom is 0.253 e. The van der Waals surface area contributed by atoms with E-state index < -0.39 is 0 Å². The number of methoxy groups -OCH3 is 1. The van der Waals surface area contributed by atoms with E-state index in [0.717, 1.165) is 19.4 Å². The third kappa shape index (κ3) is 2.97. The van der Waals surface area contributed by atoms with Crippen molar-refractivity contribution in [2.45, 2.75) is 37.8 Å². The average Bonchev–Trinajstić information content (AvgIpc) is 2.94. The summed E-state index contributed by atoms with van der Waals surface area (Å²) in [5.74, 6) is 0.593. The Morgan fingerprint density at radius 2 is 2.24 bits per heavy atom. The van der Waals surface area contributed by atoms with E-state index in [1.54, 1.807) is 25.3 Å². The molecule has 3 rings (SSSR count). The van der Waals surface area contributed by atoms with Crippen LogP contribution in [0.1, 0.15) is 36.0 Å². The lowest BCUT2D eigenvalue weighted by Crippen LogP contribution is -2.47. The van der Waals surface area contributed by atoms with Crippen LogP contribution in [0, 0.1) is 0 Å². The molecule has 0 aliphatic carbocycles. The fraction of sp³-hybridized carbons (Fsp3) is 0.562. The van der Waals surface area contributed by atoms with E-state index in [-0.39, 0.29) is 11.9 Å². The van der Waals surface area contributed by atoms with Crippen molar-refractivity contribution >= 4 is 11.6 Å². The summed E-state index contributed by atoms with van der Waals surface area (Å²) in [7, 11) is 1.59. The third-order valence-corrected chi connectivity index (χ3v) is 4.66. The minimum Gasteiger partial charge on any atom is -0.497 e. The summed E-state index contributed by atoms with van der Waals surface area (Å²) in [6.45, 7) is 2.31. The Morgan fingerprint density at radius 3 is 3.00 bits per heavy atom. The van der Waals surface area contributed by atoms with E-state index >= 15 is 0 Å². The number of ether oxygens (including phenoxy) is 1. The molecule has 1 aromatic carbocycles. The molecule has 5 heteroatoms. The number of piperidine rings is 1. The van der Waals surface area contributed by atoms with Crippen molar-refractivity contribution in [2.75, 3.05) is 25.9 Å². The topological polar surface area (TPSA) is 67.6 Å². The van der Waals surface area contributed by atoms with Crippen LogP contribution in [-0.2, 0) is 0 Å². The van der Waals surface area contributed by atoms with E-state index in [0.29, 0.717) is 23.0 Å². The number of nitrogens with two attached hydrogens (primary N) is 1. The van der Waals surface area contributed by atoms with Gasteiger partial charge in [-0.15, -0.1) is 0 Å². The molecule has 0 bridgehead atoms. The van der Waals surface area contributed by atoms with Crippen molar-refractivity contribution in [2.24, 2.45) is 0 Å². The van der Waals surface area contributed by atoms with Gasteiger partial charge in [0.2, 0.25) is 0 Å². The van der Waals surface area contributed by atoms with Crippen molar-refractivity contribution in [3.05, 3.63) is 23.8 Å². The summed E-state index contributed by atoms with van der Waals surface area (Å²) in [6.07, 6.45) is 4.63. The number of nitrogen functional groups attached to an aromatic ring is 1. The highest BCUT2D eigenvalue weighted by atomic mass is 16.5. The fourth-order valence-electron chi connectivity index (χ4n) is 3.49. The lowest BCUT2D eigenvalue weighted by atomic mass is 9.97. The number of carbonyl (C=O) groups excluding carboxylic acids is 1. The normalized spacial score (nSPS) is 25.4. The number of hydrogen-bond donors (Lipinski definition) is 2. The van der Waals surface area contributed by atoms with Crippen molar-refractivity contribution in [1.29, 1.82) is 0 Å². The van der Waals surface area contributed by atoms with Crippen molar-refractivity contribution in [3.63, 3.8) is 0 Å². The molecule has 114 valence electrons. The van der Waals surface area contributed by atoms with Crippen LogP contribution >= 0.6 is 0 Å². The lowest BCUT2D eigenvalue weighted by molar-refractivity contribution is 0.0897. The van der Waals surface area contributed by atoms with Gasteiger partial charge >= 0.3 is 0 Å². The van der Waals surface area contributed by atoms with Crippen LogP contribution in [0.5, 0.6) is 5.75 Å². The molecule has 2 aliphatic rings. The Balaban J connectivity index is 1.63. The molecule has 0 aromatic heterocycles. The van der Waals surface area contributed by atoms with Gasteiger partial charge in [-0.2, -0.15) is 0 Å². The van der Waals surface area contributed by atoms with Gasteiger partial charge in [0.05, 0.1) is 12.7 Å². The van der Waals surface area contributed by atoms with E-state index in [2.05, 4.69) is 10.2 Å². The summed E-state index contributed by atoms with van der Waals surface area (Å²) < 4.78 is 5.11. The van der Waals surface area contributed by atoms with Crippen LogP contribution in [0.4, 0.5) is 5.69 Å². The number of nitrogens with zero attached hydrogens (tertiary/aromatic N) is 1. The first kappa shape index (κ1) is 14.2. The van der Waals surface area contributed by atoms with Gasteiger partial charge in [0.15, 0.2) is 0 Å². The summed E-state index contributed by atoms with van der Waals surface area (Å²) >= 11 is 0. The Morgan fingerprint density at radius 1 is 1.38 bits per heavy atom. The zero-order valence-corrected chi connectivity index (χ0v) is 12.5. The first-order chi connectivity index (χ1) is 10.2. The smallest absolute Gasteiger partial charge is 0.253 e. The van der Waals surface area contributed by atoms with Gasteiger partial charge in [0.1, 0.15) is 5.75 Å². The van der Waals surface area contributed by atoms with Crippen LogP contribution in [0.2, 0.25) is 0 Å². The number of carbonyl (C=O) groups is 1. The van der Waals surface area contributed by atoms with Crippen molar-refractivity contribution in [3.8, 4) is 5.75 Å². The summed E-state index contributed by atoms with van der Waals surface area (Å²) in [4.78, 5) is 14.9. The highest BCUT2D eigenvalue weighted by Crippen LogP contribution is 2.27. The third-order valence-electron chi connectivity index (χ3n) is 4.66. The number of fused-ring (bicyclic) bond motifs is 1. The molecule has 5 nitrogen and oxygen atoms in total. The van der Waals surface area contributed by atoms with Crippen LogP contribution in [0.25, 0.3) is 0 Å². The molecule has 2 atom stereocenters. The zero-order valence-electron chi connectivity index (χ0n) is 12.5. The molecule has 1 aromatic rings. The molecule has 3 N–H and O–H groups in total. The predicted molar refractivity (Wildman–Crippen MR) is 82.5 cm³/mol. The van der Waals surface area contributed by atoms with E-state index in [4.69, 9.17) is 10.5 Å². The molecule has 2 unspecified atom stereocenters. The van der Waals surface area contributed by atoms with E-state index in [1.807, 2.05) is 0 Å². The highest BCUT2D eigenvalue weighted by molar-refractivity contribution is 5.99. The maximum atomic E-state index is 12.4. The number of hydrogen-bond acceptors (Lipinski definition) is 4. The Labute approximate surface area is 125 Å².